The Bertz CT molecular complexity index is 504. The van der Waals surface area contributed by atoms with Gasteiger partial charge in [0.05, 0.1) is 11.1 Å². The number of nitrogens with zero attached hydrogens (tertiary/aromatic N) is 1. The van der Waals surface area contributed by atoms with E-state index in [1.807, 2.05) is 13.8 Å². The van der Waals surface area contributed by atoms with E-state index in [-0.39, 0.29) is 18.5 Å². The van der Waals surface area contributed by atoms with E-state index >= 15 is 0 Å². The lowest BCUT2D eigenvalue weighted by Crippen LogP contribution is -2.43. The Labute approximate surface area is 111 Å². The van der Waals surface area contributed by atoms with Crippen LogP contribution in [-0.2, 0) is 4.79 Å². The van der Waals surface area contributed by atoms with Crippen LogP contribution in [0, 0.1) is 0 Å². The van der Waals surface area contributed by atoms with Crippen LogP contribution in [0.1, 0.15) is 41.0 Å². The van der Waals surface area contributed by atoms with Gasteiger partial charge in [-0.2, -0.15) is 0 Å². The number of rotatable bonds is 4. The van der Waals surface area contributed by atoms with Crippen LogP contribution in [0.3, 0.4) is 0 Å². The molecular formula is C14H16N2O3. The summed E-state index contributed by atoms with van der Waals surface area (Å²) in [6.45, 7) is 3.60. The van der Waals surface area contributed by atoms with Gasteiger partial charge in [0.25, 0.3) is 11.8 Å². The Morgan fingerprint density at radius 3 is 2.21 bits per heavy atom. The molecule has 1 aliphatic heterocycles. The van der Waals surface area contributed by atoms with Crippen LogP contribution in [0.2, 0.25) is 0 Å². The lowest BCUT2D eigenvalue weighted by Gasteiger charge is -2.16. The van der Waals surface area contributed by atoms with Crippen LogP contribution in [0.4, 0.5) is 0 Å². The maximum Gasteiger partial charge on any atom is 0.262 e. The van der Waals surface area contributed by atoms with Crippen molar-refractivity contribution in [3.05, 3.63) is 35.4 Å². The van der Waals surface area contributed by atoms with Crippen molar-refractivity contribution in [2.24, 2.45) is 0 Å². The number of benzene rings is 1. The smallest absolute Gasteiger partial charge is 0.262 e. The minimum Gasteiger partial charge on any atom is -0.352 e. The second kappa shape index (κ2) is 5.22. The van der Waals surface area contributed by atoms with Gasteiger partial charge < -0.3 is 5.32 Å². The van der Waals surface area contributed by atoms with Crippen molar-refractivity contribution in [3.63, 3.8) is 0 Å². The topological polar surface area (TPSA) is 66.5 Å². The van der Waals surface area contributed by atoms with Gasteiger partial charge in [-0.05, 0) is 25.5 Å². The van der Waals surface area contributed by atoms with Gasteiger partial charge in [-0.3, -0.25) is 19.3 Å². The molecule has 0 spiro atoms. The molecule has 0 aromatic heterocycles. The van der Waals surface area contributed by atoms with Crippen LogP contribution in [0.25, 0.3) is 0 Å². The van der Waals surface area contributed by atoms with Gasteiger partial charge in [0.15, 0.2) is 0 Å². The third-order valence-corrected chi connectivity index (χ3v) is 3.20. The summed E-state index contributed by atoms with van der Waals surface area (Å²) in [6, 6.07) is 6.63. The number of imide groups is 1. The molecule has 5 nitrogen and oxygen atoms in total. The summed E-state index contributed by atoms with van der Waals surface area (Å²) in [5.41, 5.74) is 0.729. The van der Waals surface area contributed by atoms with E-state index in [1.54, 1.807) is 24.3 Å². The highest BCUT2D eigenvalue weighted by Crippen LogP contribution is 2.21. The van der Waals surface area contributed by atoms with Gasteiger partial charge in [0.1, 0.15) is 6.54 Å². The SMILES string of the molecule is CCC(C)NC(=O)CN1C(=O)c2ccccc2C1=O. The first-order valence-electron chi connectivity index (χ1n) is 6.29. The summed E-state index contributed by atoms with van der Waals surface area (Å²) in [4.78, 5) is 36.8. The lowest BCUT2D eigenvalue weighted by molar-refractivity contribution is -0.122. The molecule has 1 N–H and O–H groups in total. The van der Waals surface area contributed by atoms with Gasteiger partial charge >= 0.3 is 0 Å². The maximum absolute atomic E-state index is 12.0. The van der Waals surface area contributed by atoms with E-state index in [0.29, 0.717) is 11.1 Å². The molecule has 0 bridgehead atoms. The van der Waals surface area contributed by atoms with E-state index in [9.17, 15) is 14.4 Å². The summed E-state index contributed by atoms with van der Waals surface area (Å²) in [5.74, 6) is -1.12. The fourth-order valence-electron chi connectivity index (χ4n) is 1.95. The first-order valence-corrected chi connectivity index (χ1v) is 6.29. The molecule has 0 radical (unpaired) electrons. The van der Waals surface area contributed by atoms with Crippen LogP contribution < -0.4 is 5.32 Å². The maximum atomic E-state index is 12.0. The molecular weight excluding hydrogens is 244 g/mol. The molecule has 1 heterocycles. The van der Waals surface area contributed by atoms with Crippen LogP contribution in [-0.4, -0.2) is 35.2 Å². The number of amides is 3. The highest BCUT2D eigenvalue weighted by molar-refractivity contribution is 6.22. The number of carbonyl (C=O) groups is 3. The fraction of sp³-hybridized carbons (Fsp3) is 0.357. The molecule has 0 saturated carbocycles. The standard InChI is InChI=1S/C14H16N2O3/c1-3-9(2)15-12(17)8-16-13(18)10-6-4-5-7-11(10)14(16)19/h4-7,9H,3,8H2,1-2H3,(H,15,17). The average molecular weight is 260 g/mol. The predicted molar refractivity (Wildman–Crippen MR) is 69.7 cm³/mol. The van der Waals surface area contributed by atoms with Crippen LogP contribution in [0.15, 0.2) is 24.3 Å². The van der Waals surface area contributed by atoms with Crippen molar-refractivity contribution >= 4 is 17.7 Å². The number of hydrogen-bond acceptors (Lipinski definition) is 3. The normalized spacial score (nSPS) is 15.4. The Morgan fingerprint density at radius 2 is 1.74 bits per heavy atom. The molecule has 1 atom stereocenters. The molecule has 1 aliphatic rings. The molecule has 1 aromatic carbocycles. The minimum atomic E-state index is -0.403. The van der Waals surface area contributed by atoms with E-state index < -0.39 is 11.8 Å². The zero-order valence-corrected chi connectivity index (χ0v) is 11.0. The van der Waals surface area contributed by atoms with E-state index in [1.165, 1.54) is 0 Å². The van der Waals surface area contributed by atoms with Crippen LogP contribution >= 0.6 is 0 Å². The van der Waals surface area contributed by atoms with Gasteiger partial charge in [-0.1, -0.05) is 19.1 Å². The van der Waals surface area contributed by atoms with Crippen molar-refractivity contribution in [1.82, 2.24) is 10.2 Å². The van der Waals surface area contributed by atoms with Gasteiger partial charge in [-0.25, -0.2) is 0 Å². The Hall–Kier alpha value is -2.17. The van der Waals surface area contributed by atoms with Crippen molar-refractivity contribution in [3.8, 4) is 0 Å². The average Bonchev–Trinajstić information content (AvgIpc) is 2.64. The monoisotopic (exact) mass is 260 g/mol. The highest BCUT2D eigenvalue weighted by Gasteiger charge is 2.36. The van der Waals surface area contributed by atoms with E-state index in [0.717, 1.165) is 11.3 Å². The number of nitrogens with one attached hydrogen (secondary N) is 1. The molecule has 1 aromatic rings. The van der Waals surface area contributed by atoms with E-state index in [2.05, 4.69) is 5.32 Å². The molecule has 1 unspecified atom stereocenters. The lowest BCUT2D eigenvalue weighted by atomic mass is 10.1. The third-order valence-electron chi connectivity index (χ3n) is 3.20. The first-order chi connectivity index (χ1) is 9.04. The molecule has 0 aliphatic carbocycles. The summed E-state index contributed by atoms with van der Waals surface area (Å²) < 4.78 is 0. The summed E-state index contributed by atoms with van der Waals surface area (Å²) in [6.07, 6.45) is 0.799. The van der Waals surface area contributed by atoms with Gasteiger partial charge in [0, 0.05) is 6.04 Å². The van der Waals surface area contributed by atoms with Crippen molar-refractivity contribution in [2.45, 2.75) is 26.3 Å². The summed E-state index contributed by atoms with van der Waals surface area (Å²) in [5, 5.41) is 2.74. The Morgan fingerprint density at radius 1 is 1.21 bits per heavy atom. The van der Waals surface area contributed by atoms with Gasteiger partial charge in [-0.15, -0.1) is 0 Å². The summed E-state index contributed by atoms with van der Waals surface area (Å²) >= 11 is 0. The zero-order valence-electron chi connectivity index (χ0n) is 11.0. The zero-order chi connectivity index (χ0) is 14.0. The van der Waals surface area contributed by atoms with Gasteiger partial charge in [0.2, 0.25) is 5.91 Å². The molecule has 3 amide bonds. The molecule has 2 rings (SSSR count). The molecule has 0 fully saturated rings. The Kier molecular flexibility index (Phi) is 3.64. The third kappa shape index (κ3) is 2.50. The van der Waals surface area contributed by atoms with E-state index in [4.69, 9.17) is 0 Å². The minimum absolute atomic E-state index is 0.0303. The predicted octanol–water partition coefficient (Wildman–Crippen LogP) is 1.20. The summed E-state index contributed by atoms with van der Waals surface area (Å²) in [7, 11) is 0. The highest BCUT2D eigenvalue weighted by atomic mass is 16.2. The van der Waals surface area contributed by atoms with Crippen LogP contribution in [0.5, 0.6) is 0 Å². The molecule has 19 heavy (non-hydrogen) atoms. The number of carbonyl (C=O) groups excluding carboxylic acids is 3. The quantitative estimate of drug-likeness (QED) is 0.827. The molecule has 100 valence electrons. The largest absolute Gasteiger partial charge is 0.352 e. The molecule has 0 saturated heterocycles. The fourth-order valence-corrected chi connectivity index (χ4v) is 1.95. The number of hydrogen-bond donors (Lipinski definition) is 1. The first kappa shape index (κ1) is 13.3. The second-order valence-corrected chi connectivity index (χ2v) is 4.62. The Balaban J connectivity index is 2.10. The molecule has 5 heteroatoms. The van der Waals surface area contributed by atoms with Crippen molar-refractivity contribution in [2.75, 3.05) is 6.54 Å². The van der Waals surface area contributed by atoms with Crippen molar-refractivity contribution in [1.29, 1.82) is 0 Å². The van der Waals surface area contributed by atoms with Crippen molar-refractivity contribution < 1.29 is 14.4 Å². The second-order valence-electron chi connectivity index (χ2n) is 4.62. The number of fused-ring (bicyclic) bond motifs is 1.